The molecule has 7 heteroatoms. The van der Waals surface area contributed by atoms with Crippen molar-refractivity contribution in [3.05, 3.63) is 11.9 Å². The summed E-state index contributed by atoms with van der Waals surface area (Å²) in [6.45, 7) is 9.63. The summed E-state index contributed by atoms with van der Waals surface area (Å²) in [5.41, 5.74) is 0. The predicted molar refractivity (Wildman–Crippen MR) is 78.5 cm³/mol. The van der Waals surface area contributed by atoms with Crippen molar-refractivity contribution >= 4 is 11.6 Å². The van der Waals surface area contributed by atoms with Gasteiger partial charge in [0.15, 0.2) is 0 Å². The van der Waals surface area contributed by atoms with Gasteiger partial charge in [0.25, 0.3) is 0 Å². The van der Waals surface area contributed by atoms with Crippen molar-refractivity contribution in [3.8, 4) is 0 Å². The molecule has 0 bridgehead atoms. The topological polar surface area (TPSA) is 41.0 Å². The molecule has 1 N–H and O–H groups in total. The number of nitrogens with zero attached hydrogens (tertiary/aromatic N) is 3. The van der Waals surface area contributed by atoms with Gasteiger partial charge in [-0.2, -0.15) is 13.2 Å². The second kappa shape index (κ2) is 7.47. The molecule has 1 aromatic heterocycles. The van der Waals surface area contributed by atoms with Crippen LogP contribution in [0, 0.1) is 5.92 Å². The fourth-order valence-electron chi connectivity index (χ4n) is 1.88. The van der Waals surface area contributed by atoms with Crippen molar-refractivity contribution in [2.45, 2.75) is 40.3 Å². The molecule has 0 aliphatic carbocycles. The van der Waals surface area contributed by atoms with Crippen LogP contribution in [0.25, 0.3) is 0 Å². The van der Waals surface area contributed by atoms with E-state index in [-0.39, 0.29) is 5.82 Å². The molecule has 1 heterocycles. The molecule has 0 saturated heterocycles. The zero-order valence-electron chi connectivity index (χ0n) is 13.0. The third-order valence-corrected chi connectivity index (χ3v) is 3.26. The van der Waals surface area contributed by atoms with E-state index in [1.54, 1.807) is 6.07 Å². The maximum Gasteiger partial charge on any atom is 0.451 e. The van der Waals surface area contributed by atoms with E-state index in [1.807, 2.05) is 18.7 Å². The highest BCUT2D eigenvalue weighted by atomic mass is 19.4. The third-order valence-electron chi connectivity index (χ3n) is 3.26. The summed E-state index contributed by atoms with van der Waals surface area (Å²) in [4.78, 5) is 9.08. The summed E-state index contributed by atoms with van der Waals surface area (Å²) in [5.74, 6) is -0.191. The quantitative estimate of drug-likeness (QED) is 0.832. The summed E-state index contributed by atoms with van der Waals surface area (Å²) >= 11 is 0. The Bertz CT molecular complexity index is 448. The molecule has 0 saturated carbocycles. The molecular formula is C14H23F3N4. The lowest BCUT2D eigenvalue weighted by atomic mass is 10.1. The average molecular weight is 304 g/mol. The lowest BCUT2D eigenvalue weighted by Crippen LogP contribution is -2.30. The minimum Gasteiger partial charge on any atom is -0.370 e. The van der Waals surface area contributed by atoms with Crippen molar-refractivity contribution in [1.82, 2.24) is 9.97 Å². The number of anilines is 2. The van der Waals surface area contributed by atoms with Crippen molar-refractivity contribution < 1.29 is 13.2 Å². The second-order valence-electron chi connectivity index (χ2n) is 5.02. The monoisotopic (exact) mass is 304 g/mol. The van der Waals surface area contributed by atoms with Gasteiger partial charge in [-0.1, -0.05) is 20.3 Å². The van der Waals surface area contributed by atoms with Gasteiger partial charge in [0, 0.05) is 25.7 Å². The molecule has 0 radical (unpaired) electrons. The van der Waals surface area contributed by atoms with Gasteiger partial charge in [0.2, 0.25) is 5.82 Å². The zero-order chi connectivity index (χ0) is 16.0. The zero-order valence-corrected chi connectivity index (χ0v) is 13.0. The molecule has 0 fully saturated rings. The molecule has 0 aliphatic heterocycles. The van der Waals surface area contributed by atoms with E-state index in [1.165, 1.54) is 0 Å². The Kier molecular flexibility index (Phi) is 6.23. The van der Waals surface area contributed by atoms with Gasteiger partial charge >= 0.3 is 6.18 Å². The molecule has 0 amide bonds. The normalized spacial score (nSPS) is 13.1. The van der Waals surface area contributed by atoms with Gasteiger partial charge in [-0.25, -0.2) is 9.97 Å². The van der Waals surface area contributed by atoms with Gasteiger partial charge in [-0.3, -0.25) is 0 Å². The van der Waals surface area contributed by atoms with E-state index < -0.39 is 12.0 Å². The molecule has 0 aliphatic rings. The minimum absolute atomic E-state index is 0.206. The maximum absolute atomic E-state index is 12.9. The van der Waals surface area contributed by atoms with Crippen molar-refractivity contribution in [2.75, 3.05) is 29.9 Å². The lowest BCUT2D eigenvalue weighted by Gasteiger charge is -2.26. The van der Waals surface area contributed by atoms with E-state index in [0.29, 0.717) is 31.4 Å². The molecule has 0 spiro atoms. The Morgan fingerprint density at radius 1 is 1.24 bits per heavy atom. The van der Waals surface area contributed by atoms with E-state index in [4.69, 9.17) is 0 Å². The van der Waals surface area contributed by atoms with Crippen LogP contribution in [0.1, 0.15) is 39.9 Å². The number of alkyl halides is 3. The third kappa shape index (κ3) is 5.06. The van der Waals surface area contributed by atoms with Gasteiger partial charge in [-0.05, 0) is 19.8 Å². The van der Waals surface area contributed by atoms with E-state index in [0.717, 1.165) is 6.42 Å². The van der Waals surface area contributed by atoms with Crippen LogP contribution in [0.5, 0.6) is 0 Å². The molecule has 21 heavy (non-hydrogen) atoms. The number of rotatable bonds is 7. The highest BCUT2D eigenvalue weighted by Crippen LogP contribution is 2.29. The fourth-order valence-corrected chi connectivity index (χ4v) is 1.88. The molecular weight excluding hydrogens is 281 g/mol. The minimum atomic E-state index is -4.55. The largest absolute Gasteiger partial charge is 0.451 e. The standard InChI is InChI=1S/C14H23F3N4/c1-5-10(4)9-21(7-3)12-8-11(18-6-2)19-13(20-12)14(15,16)17/h8,10H,5-7,9H2,1-4H3,(H,18,19,20). The highest BCUT2D eigenvalue weighted by molar-refractivity contribution is 5.49. The maximum atomic E-state index is 12.9. The SMILES string of the molecule is CCNc1cc(N(CC)CC(C)CC)nc(C(F)(F)F)n1. The molecule has 1 rings (SSSR count). The molecule has 1 unspecified atom stereocenters. The smallest absolute Gasteiger partial charge is 0.370 e. The summed E-state index contributed by atoms with van der Waals surface area (Å²) < 4.78 is 38.7. The van der Waals surface area contributed by atoms with Gasteiger partial charge < -0.3 is 10.2 Å². The first-order chi connectivity index (χ1) is 9.81. The summed E-state index contributed by atoms with van der Waals surface area (Å²) in [6.07, 6.45) is -3.58. The van der Waals surface area contributed by atoms with Gasteiger partial charge in [0.1, 0.15) is 11.6 Å². The average Bonchev–Trinajstić information content (AvgIpc) is 2.43. The Hall–Kier alpha value is -1.53. The highest BCUT2D eigenvalue weighted by Gasteiger charge is 2.35. The van der Waals surface area contributed by atoms with Crippen LogP contribution in [0.15, 0.2) is 6.07 Å². The van der Waals surface area contributed by atoms with Gasteiger partial charge in [-0.15, -0.1) is 0 Å². The van der Waals surface area contributed by atoms with Crippen molar-refractivity contribution in [3.63, 3.8) is 0 Å². The van der Waals surface area contributed by atoms with Crippen LogP contribution in [-0.2, 0) is 6.18 Å². The Morgan fingerprint density at radius 2 is 1.90 bits per heavy atom. The predicted octanol–water partition coefficient (Wildman–Crippen LogP) is 3.80. The van der Waals surface area contributed by atoms with Crippen LogP contribution in [0.4, 0.5) is 24.8 Å². The Balaban J connectivity index is 3.16. The van der Waals surface area contributed by atoms with E-state index in [9.17, 15) is 13.2 Å². The van der Waals surface area contributed by atoms with E-state index in [2.05, 4.69) is 29.1 Å². The van der Waals surface area contributed by atoms with Crippen molar-refractivity contribution in [2.24, 2.45) is 5.92 Å². The number of hydrogen-bond donors (Lipinski definition) is 1. The number of halogens is 3. The fraction of sp³-hybridized carbons (Fsp3) is 0.714. The number of hydrogen-bond acceptors (Lipinski definition) is 4. The number of aromatic nitrogens is 2. The molecule has 120 valence electrons. The summed E-state index contributed by atoms with van der Waals surface area (Å²) in [6, 6.07) is 1.57. The lowest BCUT2D eigenvalue weighted by molar-refractivity contribution is -0.144. The molecule has 1 aromatic rings. The summed E-state index contributed by atoms with van der Waals surface area (Å²) in [7, 11) is 0. The van der Waals surface area contributed by atoms with Crippen LogP contribution in [0.2, 0.25) is 0 Å². The Labute approximate surface area is 123 Å². The first-order valence-corrected chi connectivity index (χ1v) is 7.26. The van der Waals surface area contributed by atoms with Crippen LogP contribution >= 0.6 is 0 Å². The molecule has 4 nitrogen and oxygen atoms in total. The first kappa shape index (κ1) is 17.5. The van der Waals surface area contributed by atoms with Gasteiger partial charge in [0.05, 0.1) is 0 Å². The van der Waals surface area contributed by atoms with Crippen LogP contribution < -0.4 is 10.2 Å². The number of nitrogens with one attached hydrogen (secondary N) is 1. The molecule has 1 atom stereocenters. The Morgan fingerprint density at radius 3 is 2.38 bits per heavy atom. The first-order valence-electron chi connectivity index (χ1n) is 7.26. The van der Waals surface area contributed by atoms with Crippen LogP contribution in [-0.4, -0.2) is 29.6 Å². The second-order valence-corrected chi connectivity index (χ2v) is 5.02. The van der Waals surface area contributed by atoms with E-state index >= 15 is 0 Å². The molecule has 0 aromatic carbocycles. The van der Waals surface area contributed by atoms with Crippen LogP contribution in [0.3, 0.4) is 0 Å². The van der Waals surface area contributed by atoms with Crippen molar-refractivity contribution in [1.29, 1.82) is 0 Å². The summed E-state index contributed by atoms with van der Waals surface area (Å²) in [5, 5.41) is 2.83.